The van der Waals surface area contributed by atoms with E-state index in [0.29, 0.717) is 12.2 Å². The maximum atomic E-state index is 12.5. The summed E-state index contributed by atoms with van der Waals surface area (Å²) in [5.41, 5.74) is 2.84. The zero-order chi connectivity index (χ0) is 19.3. The Labute approximate surface area is 153 Å². The molecule has 140 valence electrons. The minimum absolute atomic E-state index is 0.149. The summed E-state index contributed by atoms with van der Waals surface area (Å²) in [4.78, 5) is 36.7. The molecule has 1 aliphatic heterocycles. The molecule has 7 nitrogen and oxygen atoms in total. The van der Waals surface area contributed by atoms with Crippen LogP contribution in [0.15, 0.2) is 23.3 Å². The molecular weight excluding hydrogens is 332 g/mol. The highest BCUT2D eigenvalue weighted by molar-refractivity contribution is 6.40. The molecule has 0 saturated heterocycles. The molecule has 0 radical (unpaired) electrons. The van der Waals surface area contributed by atoms with Gasteiger partial charge in [0.2, 0.25) is 11.8 Å². The largest absolute Gasteiger partial charge is 0.354 e. The Balaban J connectivity index is 2.16. The first kappa shape index (κ1) is 19.6. The number of benzene rings is 1. The minimum Gasteiger partial charge on any atom is -0.354 e. The van der Waals surface area contributed by atoms with Crippen LogP contribution in [-0.4, -0.2) is 36.0 Å². The van der Waals surface area contributed by atoms with Crippen LogP contribution in [0.5, 0.6) is 0 Å². The summed E-state index contributed by atoms with van der Waals surface area (Å²) < 4.78 is 0. The van der Waals surface area contributed by atoms with Gasteiger partial charge in [-0.25, -0.2) is 5.01 Å². The number of hydrazone groups is 1. The van der Waals surface area contributed by atoms with Crippen molar-refractivity contribution in [2.24, 2.45) is 5.10 Å². The average Bonchev–Trinajstić information content (AvgIpc) is 2.62. The van der Waals surface area contributed by atoms with Crippen molar-refractivity contribution >= 4 is 29.1 Å². The second-order valence-corrected chi connectivity index (χ2v) is 6.53. The summed E-state index contributed by atoms with van der Waals surface area (Å²) in [5.74, 6) is -0.810. The summed E-state index contributed by atoms with van der Waals surface area (Å²) in [7, 11) is 0. The molecule has 0 aliphatic carbocycles. The van der Waals surface area contributed by atoms with E-state index in [1.807, 2.05) is 39.0 Å². The van der Waals surface area contributed by atoms with Crippen LogP contribution in [0.4, 0.5) is 5.69 Å². The third kappa shape index (κ3) is 4.68. The van der Waals surface area contributed by atoms with Gasteiger partial charge in [-0.3, -0.25) is 14.4 Å². The Bertz CT molecular complexity index is 742. The third-order valence-corrected chi connectivity index (χ3v) is 4.18. The van der Waals surface area contributed by atoms with Crippen molar-refractivity contribution in [1.82, 2.24) is 10.6 Å². The zero-order valence-electron chi connectivity index (χ0n) is 15.8. The van der Waals surface area contributed by atoms with E-state index >= 15 is 0 Å². The maximum absolute atomic E-state index is 12.5. The number of carbonyl (C=O) groups is 3. The predicted molar refractivity (Wildman–Crippen MR) is 101 cm³/mol. The van der Waals surface area contributed by atoms with E-state index in [9.17, 15) is 14.4 Å². The van der Waals surface area contributed by atoms with Crippen LogP contribution in [0.3, 0.4) is 0 Å². The fourth-order valence-corrected chi connectivity index (χ4v) is 2.60. The maximum Gasteiger partial charge on any atom is 0.268 e. The quantitative estimate of drug-likeness (QED) is 0.813. The van der Waals surface area contributed by atoms with Gasteiger partial charge in [0.25, 0.3) is 5.91 Å². The summed E-state index contributed by atoms with van der Waals surface area (Å²) in [6, 6.07) is 5.09. The molecule has 1 aromatic rings. The lowest BCUT2D eigenvalue weighted by molar-refractivity contribution is -0.126. The van der Waals surface area contributed by atoms with Crippen LogP contribution in [0.25, 0.3) is 0 Å². The first-order valence-electron chi connectivity index (χ1n) is 8.89. The topological polar surface area (TPSA) is 90.9 Å². The molecule has 0 fully saturated rings. The molecule has 1 aromatic carbocycles. The van der Waals surface area contributed by atoms with Gasteiger partial charge in [0.1, 0.15) is 11.8 Å². The van der Waals surface area contributed by atoms with E-state index in [0.717, 1.165) is 17.5 Å². The van der Waals surface area contributed by atoms with Crippen molar-refractivity contribution in [3.05, 3.63) is 29.3 Å². The second kappa shape index (κ2) is 8.60. The van der Waals surface area contributed by atoms with Crippen LogP contribution in [0.2, 0.25) is 0 Å². The first-order chi connectivity index (χ1) is 12.3. The number of nitrogens with one attached hydrogen (secondary N) is 2. The molecule has 26 heavy (non-hydrogen) atoms. The molecule has 0 aromatic heterocycles. The van der Waals surface area contributed by atoms with E-state index in [2.05, 4.69) is 15.7 Å². The zero-order valence-corrected chi connectivity index (χ0v) is 15.8. The molecule has 2 rings (SSSR count). The molecule has 0 saturated carbocycles. The van der Waals surface area contributed by atoms with Gasteiger partial charge in [-0.05, 0) is 44.4 Å². The van der Waals surface area contributed by atoms with Crippen molar-refractivity contribution in [2.45, 2.75) is 53.0 Å². The standard InChI is InChI=1S/C19H26N4O3/c1-5-10-20-18(25)14(4)21-19(26)15-8-9-17(24)23(22-15)16-11-12(2)6-7-13(16)3/h6-7,11,14H,5,8-10H2,1-4H3,(H,20,25)(H,21,26)/t14-/m0/s1. The van der Waals surface area contributed by atoms with Crippen molar-refractivity contribution in [1.29, 1.82) is 0 Å². The minimum atomic E-state index is -0.663. The summed E-state index contributed by atoms with van der Waals surface area (Å²) in [6.45, 7) is 7.98. The van der Waals surface area contributed by atoms with Gasteiger partial charge in [-0.15, -0.1) is 0 Å². The van der Waals surface area contributed by atoms with E-state index in [-0.39, 0.29) is 30.4 Å². The van der Waals surface area contributed by atoms with Gasteiger partial charge in [-0.2, -0.15) is 5.10 Å². The van der Waals surface area contributed by atoms with Gasteiger partial charge >= 0.3 is 0 Å². The van der Waals surface area contributed by atoms with Crippen LogP contribution < -0.4 is 15.6 Å². The number of hydrogen-bond acceptors (Lipinski definition) is 4. The van der Waals surface area contributed by atoms with E-state index in [1.165, 1.54) is 5.01 Å². The van der Waals surface area contributed by atoms with Crippen LogP contribution in [0.1, 0.15) is 44.2 Å². The molecule has 1 aliphatic rings. The van der Waals surface area contributed by atoms with Gasteiger partial charge in [0, 0.05) is 19.4 Å². The highest BCUT2D eigenvalue weighted by Gasteiger charge is 2.28. The SMILES string of the molecule is CCCNC(=O)[C@H](C)NC(=O)C1=NN(c2cc(C)ccc2C)C(=O)CC1. The van der Waals surface area contributed by atoms with Crippen molar-refractivity contribution in [3.63, 3.8) is 0 Å². The Morgan fingerprint density at radius 2 is 2.00 bits per heavy atom. The van der Waals surface area contributed by atoms with Gasteiger partial charge < -0.3 is 10.6 Å². The third-order valence-electron chi connectivity index (χ3n) is 4.18. The molecule has 0 unspecified atom stereocenters. The number of anilines is 1. The highest BCUT2D eigenvalue weighted by Crippen LogP contribution is 2.25. The first-order valence-corrected chi connectivity index (χ1v) is 8.89. The van der Waals surface area contributed by atoms with Crippen molar-refractivity contribution in [2.75, 3.05) is 11.6 Å². The van der Waals surface area contributed by atoms with Crippen LogP contribution >= 0.6 is 0 Å². The molecule has 2 N–H and O–H groups in total. The lowest BCUT2D eigenvalue weighted by Gasteiger charge is -2.25. The number of nitrogens with zero attached hydrogens (tertiary/aromatic N) is 2. The van der Waals surface area contributed by atoms with E-state index in [1.54, 1.807) is 6.92 Å². The van der Waals surface area contributed by atoms with Crippen molar-refractivity contribution in [3.8, 4) is 0 Å². The summed E-state index contributed by atoms with van der Waals surface area (Å²) >= 11 is 0. The highest BCUT2D eigenvalue weighted by atomic mass is 16.2. The summed E-state index contributed by atoms with van der Waals surface area (Å²) in [6.07, 6.45) is 1.29. The van der Waals surface area contributed by atoms with Gasteiger partial charge in [0.05, 0.1) is 5.69 Å². The molecule has 3 amide bonds. The normalized spacial score (nSPS) is 15.3. The van der Waals surface area contributed by atoms with E-state index in [4.69, 9.17) is 0 Å². The second-order valence-electron chi connectivity index (χ2n) is 6.53. The Kier molecular flexibility index (Phi) is 6.49. The van der Waals surface area contributed by atoms with Crippen molar-refractivity contribution < 1.29 is 14.4 Å². The Morgan fingerprint density at radius 3 is 2.69 bits per heavy atom. The Morgan fingerprint density at radius 1 is 1.27 bits per heavy atom. The molecule has 0 bridgehead atoms. The fraction of sp³-hybridized carbons (Fsp3) is 0.474. The average molecular weight is 358 g/mol. The predicted octanol–water partition coefficient (Wildman–Crippen LogP) is 1.82. The Hall–Kier alpha value is -2.70. The molecule has 1 atom stereocenters. The van der Waals surface area contributed by atoms with Gasteiger partial charge in [0.15, 0.2) is 0 Å². The summed E-state index contributed by atoms with van der Waals surface area (Å²) in [5, 5.41) is 10.9. The van der Waals surface area contributed by atoms with E-state index < -0.39 is 11.9 Å². The molecule has 7 heteroatoms. The van der Waals surface area contributed by atoms with Gasteiger partial charge in [-0.1, -0.05) is 19.1 Å². The monoisotopic (exact) mass is 358 g/mol. The lowest BCUT2D eigenvalue weighted by atomic mass is 10.1. The lowest BCUT2D eigenvalue weighted by Crippen LogP contribution is -2.48. The molecule has 1 heterocycles. The number of carbonyl (C=O) groups excluding carboxylic acids is 3. The number of aryl methyl sites for hydroxylation is 2. The smallest absolute Gasteiger partial charge is 0.268 e. The number of rotatable bonds is 6. The van der Waals surface area contributed by atoms with Crippen LogP contribution in [0, 0.1) is 13.8 Å². The number of amides is 3. The number of hydrogen-bond donors (Lipinski definition) is 2. The fourth-order valence-electron chi connectivity index (χ4n) is 2.60. The molecular formula is C19H26N4O3. The van der Waals surface area contributed by atoms with Crippen LogP contribution in [-0.2, 0) is 14.4 Å². The molecule has 0 spiro atoms.